The zero-order valence-corrected chi connectivity index (χ0v) is 14.6. The Kier molecular flexibility index (Phi) is 5.25. The maximum Gasteiger partial charge on any atom is 0.416 e. The molecule has 0 saturated heterocycles. The number of carbonyl (C=O) groups excluding carboxylic acids is 2. The number of rotatable bonds is 5. The quantitative estimate of drug-likeness (QED) is 0.492. The number of esters is 1. The van der Waals surface area contributed by atoms with E-state index >= 15 is 0 Å². The summed E-state index contributed by atoms with van der Waals surface area (Å²) in [5, 5.41) is 4.07. The molecule has 3 rings (SSSR count). The molecule has 1 aromatic carbocycles. The van der Waals surface area contributed by atoms with Crippen LogP contribution >= 0.6 is 0 Å². The minimum atomic E-state index is -4.57. The van der Waals surface area contributed by atoms with Gasteiger partial charge in [0.25, 0.3) is 0 Å². The molecule has 0 spiro atoms. The fourth-order valence-corrected chi connectivity index (χ4v) is 2.48. The molecule has 0 saturated carbocycles. The van der Waals surface area contributed by atoms with Crippen LogP contribution in [-0.4, -0.2) is 33.1 Å². The van der Waals surface area contributed by atoms with Gasteiger partial charge in [-0.3, -0.25) is 4.79 Å². The van der Waals surface area contributed by atoms with Crippen molar-refractivity contribution in [2.75, 3.05) is 6.61 Å². The number of ether oxygens (including phenoxy) is 1. The maximum atomic E-state index is 12.7. The Hall–Kier alpha value is -3.49. The highest BCUT2D eigenvalue weighted by Crippen LogP contribution is 2.29. The SMILES string of the molecule is Cc1c(C(=O)OCC(=O)c2cccc(C(F)(F)F)c2)cnn1-c1ccccn1. The normalized spacial score (nSPS) is 11.3. The number of pyridine rings is 1. The van der Waals surface area contributed by atoms with E-state index < -0.39 is 30.1 Å². The Morgan fingerprint density at radius 3 is 2.61 bits per heavy atom. The highest BCUT2D eigenvalue weighted by molar-refractivity contribution is 5.99. The van der Waals surface area contributed by atoms with Gasteiger partial charge in [0, 0.05) is 11.8 Å². The van der Waals surface area contributed by atoms with E-state index in [1.807, 2.05) is 0 Å². The van der Waals surface area contributed by atoms with E-state index in [9.17, 15) is 22.8 Å². The van der Waals surface area contributed by atoms with Crippen LogP contribution in [0.1, 0.15) is 32.0 Å². The Morgan fingerprint density at radius 1 is 1.14 bits per heavy atom. The van der Waals surface area contributed by atoms with E-state index in [1.54, 1.807) is 31.3 Å². The summed E-state index contributed by atoms with van der Waals surface area (Å²) in [6.45, 7) is 0.946. The fraction of sp³-hybridized carbons (Fsp3) is 0.158. The van der Waals surface area contributed by atoms with Crippen molar-refractivity contribution < 1.29 is 27.5 Å². The van der Waals surface area contributed by atoms with Crippen LogP contribution in [0.2, 0.25) is 0 Å². The number of halogens is 3. The van der Waals surface area contributed by atoms with Crippen molar-refractivity contribution >= 4 is 11.8 Å². The molecule has 28 heavy (non-hydrogen) atoms. The van der Waals surface area contributed by atoms with Gasteiger partial charge in [0.15, 0.2) is 18.2 Å². The van der Waals surface area contributed by atoms with Crippen molar-refractivity contribution in [3.63, 3.8) is 0 Å². The van der Waals surface area contributed by atoms with E-state index in [4.69, 9.17) is 4.74 Å². The van der Waals surface area contributed by atoms with Crippen LogP contribution < -0.4 is 0 Å². The van der Waals surface area contributed by atoms with Crippen LogP contribution in [0.5, 0.6) is 0 Å². The molecule has 0 aliphatic rings. The summed E-state index contributed by atoms with van der Waals surface area (Å²) in [6, 6.07) is 9.13. The molecule has 6 nitrogen and oxygen atoms in total. The molecule has 0 atom stereocenters. The van der Waals surface area contributed by atoms with Crippen LogP contribution in [0.15, 0.2) is 54.9 Å². The number of nitrogens with zero attached hydrogens (tertiary/aromatic N) is 3. The third-order valence-corrected chi connectivity index (χ3v) is 3.94. The summed E-state index contributed by atoms with van der Waals surface area (Å²) in [7, 11) is 0. The van der Waals surface area contributed by atoms with Crippen molar-refractivity contribution in [2.24, 2.45) is 0 Å². The lowest BCUT2D eigenvalue weighted by atomic mass is 10.1. The summed E-state index contributed by atoms with van der Waals surface area (Å²) in [5.41, 5.74) is -0.557. The molecule has 0 aliphatic carbocycles. The smallest absolute Gasteiger partial charge is 0.416 e. The monoisotopic (exact) mass is 389 g/mol. The fourth-order valence-electron chi connectivity index (χ4n) is 2.48. The number of hydrogen-bond acceptors (Lipinski definition) is 5. The van der Waals surface area contributed by atoms with E-state index in [1.165, 1.54) is 16.9 Å². The van der Waals surface area contributed by atoms with Crippen molar-refractivity contribution in [3.8, 4) is 5.82 Å². The minimum absolute atomic E-state index is 0.127. The molecule has 0 radical (unpaired) electrons. The molecular formula is C19H14F3N3O3. The Labute approximate surface area is 157 Å². The van der Waals surface area contributed by atoms with Gasteiger partial charge in [-0.15, -0.1) is 0 Å². The summed E-state index contributed by atoms with van der Waals surface area (Å²) in [6.07, 6.45) is -1.71. The lowest BCUT2D eigenvalue weighted by Gasteiger charge is -2.08. The first-order valence-corrected chi connectivity index (χ1v) is 8.11. The second-order valence-corrected chi connectivity index (χ2v) is 5.82. The zero-order chi connectivity index (χ0) is 20.3. The van der Waals surface area contributed by atoms with E-state index in [0.29, 0.717) is 11.5 Å². The van der Waals surface area contributed by atoms with Crippen LogP contribution in [0.4, 0.5) is 13.2 Å². The lowest BCUT2D eigenvalue weighted by Crippen LogP contribution is -2.16. The molecule has 0 N–H and O–H groups in total. The Morgan fingerprint density at radius 2 is 1.93 bits per heavy atom. The Balaban J connectivity index is 1.70. The van der Waals surface area contributed by atoms with Gasteiger partial charge in [-0.1, -0.05) is 18.2 Å². The molecule has 0 unspecified atom stereocenters. The summed E-state index contributed by atoms with van der Waals surface area (Å²) >= 11 is 0. The summed E-state index contributed by atoms with van der Waals surface area (Å²) in [4.78, 5) is 28.5. The highest BCUT2D eigenvalue weighted by Gasteiger charge is 2.31. The standard InChI is InChI=1S/C19H14F3N3O3/c1-12-15(10-24-25(12)17-7-2-3-8-23-17)18(27)28-11-16(26)13-5-4-6-14(9-13)19(20,21)22/h2-10H,11H2,1H3. The van der Waals surface area contributed by atoms with Crippen molar-refractivity contribution in [3.05, 3.63) is 77.2 Å². The third-order valence-electron chi connectivity index (χ3n) is 3.94. The second-order valence-electron chi connectivity index (χ2n) is 5.82. The van der Waals surface area contributed by atoms with Crippen molar-refractivity contribution in [2.45, 2.75) is 13.1 Å². The molecule has 2 heterocycles. The second kappa shape index (κ2) is 7.63. The van der Waals surface area contributed by atoms with Crippen LogP contribution in [-0.2, 0) is 10.9 Å². The molecular weight excluding hydrogens is 375 g/mol. The van der Waals surface area contributed by atoms with Gasteiger partial charge in [-0.05, 0) is 31.2 Å². The van der Waals surface area contributed by atoms with Crippen LogP contribution in [0.3, 0.4) is 0 Å². The zero-order valence-electron chi connectivity index (χ0n) is 14.6. The van der Waals surface area contributed by atoms with Gasteiger partial charge in [-0.2, -0.15) is 18.3 Å². The molecule has 0 fully saturated rings. The summed E-state index contributed by atoms with van der Waals surface area (Å²) in [5.74, 6) is -1.05. The molecule has 0 amide bonds. The van der Waals surface area contributed by atoms with Crippen molar-refractivity contribution in [1.82, 2.24) is 14.8 Å². The minimum Gasteiger partial charge on any atom is -0.454 e. The van der Waals surface area contributed by atoms with Gasteiger partial charge in [0.05, 0.1) is 17.5 Å². The predicted molar refractivity (Wildman–Crippen MR) is 92.2 cm³/mol. The van der Waals surface area contributed by atoms with E-state index in [-0.39, 0.29) is 11.1 Å². The summed E-state index contributed by atoms with van der Waals surface area (Å²) < 4.78 is 44.6. The number of aromatic nitrogens is 3. The highest BCUT2D eigenvalue weighted by atomic mass is 19.4. The third kappa shape index (κ3) is 4.08. The van der Waals surface area contributed by atoms with Crippen LogP contribution in [0.25, 0.3) is 5.82 Å². The number of hydrogen-bond donors (Lipinski definition) is 0. The number of ketones is 1. The average molecular weight is 389 g/mol. The van der Waals surface area contributed by atoms with Crippen LogP contribution in [0, 0.1) is 6.92 Å². The number of carbonyl (C=O) groups is 2. The topological polar surface area (TPSA) is 74.1 Å². The van der Waals surface area contributed by atoms with E-state index in [2.05, 4.69) is 10.1 Å². The molecule has 0 aliphatic heterocycles. The Bertz CT molecular complexity index is 1010. The van der Waals surface area contributed by atoms with Gasteiger partial charge < -0.3 is 4.74 Å². The molecule has 9 heteroatoms. The van der Waals surface area contributed by atoms with Crippen molar-refractivity contribution in [1.29, 1.82) is 0 Å². The number of alkyl halides is 3. The first-order chi connectivity index (χ1) is 13.3. The molecule has 0 bridgehead atoms. The maximum absolute atomic E-state index is 12.7. The largest absolute Gasteiger partial charge is 0.454 e. The van der Waals surface area contributed by atoms with Gasteiger partial charge in [-0.25, -0.2) is 14.5 Å². The van der Waals surface area contributed by atoms with Gasteiger partial charge in [0.1, 0.15) is 5.56 Å². The van der Waals surface area contributed by atoms with E-state index in [0.717, 1.165) is 18.2 Å². The predicted octanol–water partition coefficient (Wildman–Crippen LogP) is 3.63. The molecule has 3 aromatic rings. The first kappa shape index (κ1) is 19.3. The number of Topliss-reactive ketones (excluding diaryl/α,β-unsaturated/α-hetero) is 1. The lowest BCUT2D eigenvalue weighted by molar-refractivity contribution is -0.137. The van der Waals surface area contributed by atoms with Gasteiger partial charge >= 0.3 is 12.1 Å². The average Bonchev–Trinajstić information content (AvgIpc) is 3.07. The first-order valence-electron chi connectivity index (χ1n) is 8.11. The van der Waals surface area contributed by atoms with Gasteiger partial charge in [0.2, 0.25) is 0 Å². The number of benzene rings is 1. The molecule has 144 valence electrons. The molecule has 2 aromatic heterocycles.